The molecule has 1 unspecified atom stereocenters. The van der Waals surface area contributed by atoms with Gasteiger partial charge in [-0.3, -0.25) is 14.9 Å². The van der Waals surface area contributed by atoms with Gasteiger partial charge in [0.2, 0.25) is 5.91 Å². The first-order chi connectivity index (χ1) is 8.60. The molecule has 1 atom stereocenters. The first-order valence-corrected chi connectivity index (χ1v) is 6.23. The molecule has 0 aromatic heterocycles. The first kappa shape index (κ1) is 12.9. The molecule has 5 nitrogen and oxygen atoms in total. The van der Waals surface area contributed by atoms with E-state index in [1.54, 1.807) is 25.3 Å². The van der Waals surface area contributed by atoms with E-state index in [4.69, 9.17) is 9.47 Å². The van der Waals surface area contributed by atoms with Gasteiger partial charge in [-0.05, 0) is 34.1 Å². The maximum atomic E-state index is 11.5. The number of halogens is 1. The second-order valence-electron chi connectivity index (χ2n) is 3.85. The number of carbonyl (C=O) groups is 2. The van der Waals surface area contributed by atoms with E-state index in [9.17, 15) is 9.59 Å². The Morgan fingerprint density at radius 2 is 2.17 bits per heavy atom. The lowest BCUT2D eigenvalue weighted by atomic mass is 10.1. The number of hydrogen-bond donors (Lipinski definition) is 1. The summed E-state index contributed by atoms with van der Waals surface area (Å²) in [5, 5.41) is 2.25. The van der Waals surface area contributed by atoms with Gasteiger partial charge >= 0.3 is 0 Å². The van der Waals surface area contributed by atoms with Crippen molar-refractivity contribution in [2.24, 2.45) is 0 Å². The largest absolute Gasteiger partial charge is 0.496 e. The Kier molecular flexibility index (Phi) is 3.86. The molecule has 6 heteroatoms. The van der Waals surface area contributed by atoms with Gasteiger partial charge in [-0.2, -0.15) is 0 Å². The van der Waals surface area contributed by atoms with Gasteiger partial charge in [0.05, 0.1) is 11.6 Å². The van der Waals surface area contributed by atoms with E-state index < -0.39 is 12.0 Å². The van der Waals surface area contributed by atoms with Crippen LogP contribution in [0.2, 0.25) is 0 Å². The lowest BCUT2D eigenvalue weighted by molar-refractivity contribution is -0.138. The average molecular weight is 314 g/mol. The Bertz CT molecular complexity index is 489. The quantitative estimate of drug-likeness (QED) is 0.862. The summed E-state index contributed by atoms with van der Waals surface area (Å²) in [5.41, 5.74) is 0. The van der Waals surface area contributed by atoms with Crippen LogP contribution in [0.15, 0.2) is 22.7 Å². The monoisotopic (exact) mass is 313 g/mol. The number of ether oxygens (including phenoxy) is 2. The van der Waals surface area contributed by atoms with Crippen molar-refractivity contribution in [3.63, 3.8) is 0 Å². The third-order valence-corrected chi connectivity index (χ3v) is 3.21. The number of rotatable bonds is 3. The summed E-state index contributed by atoms with van der Waals surface area (Å²) in [6.07, 6.45) is 0.0742. The molecule has 0 aliphatic carbocycles. The van der Waals surface area contributed by atoms with Gasteiger partial charge in [-0.1, -0.05) is 0 Å². The van der Waals surface area contributed by atoms with Crippen molar-refractivity contribution in [3.05, 3.63) is 22.7 Å². The van der Waals surface area contributed by atoms with E-state index in [2.05, 4.69) is 21.2 Å². The molecule has 1 fully saturated rings. The molecule has 1 saturated heterocycles. The highest BCUT2D eigenvalue weighted by Gasteiger charge is 2.28. The molecule has 96 valence electrons. The van der Waals surface area contributed by atoms with E-state index in [-0.39, 0.29) is 5.91 Å². The zero-order valence-electron chi connectivity index (χ0n) is 9.73. The summed E-state index contributed by atoms with van der Waals surface area (Å²) in [6.45, 7) is 0. The fraction of sp³-hybridized carbons (Fsp3) is 0.333. The highest BCUT2D eigenvalue weighted by Crippen LogP contribution is 2.29. The van der Waals surface area contributed by atoms with Gasteiger partial charge in [0.15, 0.2) is 6.10 Å². The number of nitrogens with one attached hydrogen (secondary N) is 1. The fourth-order valence-electron chi connectivity index (χ4n) is 1.67. The summed E-state index contributed by atoms with van der Waals surface area (Å²) >= 11 is 3.34. The molecule has 0 spiro atoms. The first-order valence-electron chi connectivity index (χ1n) is 5.44. The van der Waals surface area contributed by atoms with Crippen LogP contribution in [0, 0.1) is 0 Å². The van der Waals surface area contributed by atoms with Crippen molar-refractivity contribution < 1.29 is 19.1 Å². The molecule has 0 saturated carbocycles. The third kappa shape index (κ3) is 2.81. The van der Waals surface area contributed by atoms with Crippen molar-refractivity contribution in [3.8, 4) is 11.5 Å². The molecule has 2 amide bonds. The summed E-state index contributed by atoms with van der Waals surface area (Å²) < 4.78 is 11.4. The SMILES string of the molecule is COc1ccc(OC2CCC(=O)NC2=O)cc1Br. The highest BCUT2D eigenvalue weighted by molar-refractivity contribution is 9.10. The molecule has 1 aliphatic heterocycles. The van der Waals surface area contributed by atoms with Gasteiger partial charge in [0, 0.05) is 12.8 Å². The Balaban J connectivity index is 2.07. The number of imide groups is 1. The van der Waals surface area contributed by atoms with Gasteiger partial charge in [0.1, 0.15) is 11.5 Å². The molecule has 1 heterocycles. The van der Waals surface area contributed by atoms with Crippen LogP contribution in [0.1, 0.15) is 12.8 Å². The van der Waals surface area contributed by atoms with E-state index >= 15 is 0 Å². The predicted octanol–water partition coefficient (Wildman–Crippen LogP) is 1.64. The smallest absolute Gasteiger partial charge is 0.267 e. The Morgan fingerprint density at radius 3 is 2.78 bits per heavy atom. The van der Waals surface area contributed by atoms with Crippen molar-refractivity contribution in [2.75, 3.05) is 7.11 Å². The maximum absolute atomic E-state index is 11.5. The van der Waals surface area contributed by atoms with Gasteiger partial charge in [0.25, 0.3) is 5.91 Å². The summed E-state index contributed by atoms with van der Waals surface area (Å²) in [6, 6.07) is 5.18. The van der Waals surface area contributed by atoms with Gasteiger partial charge in [-0.25, -0.2) is 0 Å². The van der Waals surface area contributed by atoms with Gasteiger partial charge in [-0.15, -0.1) is 0 Å². The van der Waals surface area contributed by atoms with Crippen LogP contribution in [-0.2, 0) is 9.59 Å². The summed E-state index contributed by atoms with van der Waals surface area (Å²) in [5.74, 6) is 0.594. The molecular weight excluding hydrogens is 302 g/mol. The topological polar surface area (TPSA) is 64.6 Å². The molecule has 18 heavy (non-hydrogen) atoms. The Labute approximate surface area is 113 Å². The van der Waals surface area contributed by atoms with Crippen LogP contribution in [-0.4, -0.2) is 25.0 Å². The summed E-state index contributed by atoms with van der Waals surface area (Å²) in [4.78, 5) is 22.5. The zero-order chi connectivity index (χ0) is 13.1. The zero-order valence-corrected chi connectivity index (χ0v) is 11.3. The Morgan fingerprint density at radius 1 is 1.39 bits per heavy atom. The lowest BCUT2D eigenvalue weighted by Gasteiger charge is -2.22. The minimum absolute atomic E-state index is 0.254. The average Bonchev–Trinajstić information content (AvgIpc) is 2.33. The second-order valence-corrected chi connectivity index (χ2v) is 4.71. The number of benzene rings is 1. The standard InChI is InChI=1S/C12H12BrNO4/c1-17-9-3-2-7(6-8(9)13)18-10-4-5-11(15)14-12(10)16/h2-3,6,10H,4-5H2,1H3,(H,14,15,16). The minimum Gasteiger partial charge on any atom is -0.496 e. The third-order valence-electron chi connectivity index (χ3n) is 2.59. The second kappa shape index (κ2) is 5.39. The van der Waals surface area contributed by atoms with Crippen molar-refractivity contribution in [2.45, 2.75) is 18.9 Å². The number of methoxy groups -OCH3 is 1. The number of carbonyl (C=O) groups excluding carboxylic acids is 2. The highest BCUT2D eigenvalue weighted by atomic mass is 79.9. The van der Waals surface area contributed by atoms with E-state index in [0.29, 0.717) is 24.3 Å². The van der Waals surface area contributed by atoms with Crippen LogP contribution >= 0.6 is 15.9 Å². The molecular formula is C12H12BrNO4. The minimum atomic E-state index is -0.622. The summed E-state index contributed by atoms with van der Waals surface area (Å²) in [7, 11) is 1.57. The maximum Gasteiger partial charge on any atom is 0.267 e. The normalized spacial score (nSPS) is 19.3. The van der Waals surface area contributed by atoms with E-state index in [1.165, 1.54) is 0 Å². The number of hydrogen-bond acceptors (Lipinski definition) is 4. The lowest BCUT2D eigenvalue weighted by Crippen LogP contribution is -2.46. The molecule has 1 N–H and O–H groups in total. The Hall–Kier alpha value is -1.56. The van der Waals surface area contributed by atoms with Crippen LogP contribution in [0.5, 0.6) is 11.5 Å². The van der Waals surface area contributed by atoms with Crippen molar-refractivity contribution in [1.29, 1.82) is 0 Å². The van der Waals surface area contributed by atoms with Crippen LogP contribution < -0.4 is 14.8 Å². The van der Waals surface area contributed by atoms with Crippen LogP contribution in [0.3, 0.4) is 0 Å². The fourth-order valence-corrected chi connectivity index (χ4v) is 2.19. The molecule has 1 aromatic carbocycles. The van der Waals surface area contributed by atoms with E-state index in [1.807, 2.05) is 0 Å². The van der Waals surface area contributed by atoms with Crippen LogP contribution in [0.4, 0.5) is 0 Å². The van der Waals surface area contributed by atoms with Crippen LogP contribution in [0.25, 0.3) is 0 Å². The van der Waals surface area contributed by atoms with E-state index in [0.717, 1.165) is 4.47 Å². The van der Waals surface area contributed by atoms with Crippen molar-refractivity contribution >= 4 is 27.7 Å². The molecule has 2 rings (SSSR count). The van der Waals surface area contributed by atoms with Gasteiger partial charge < -0.3 is 9.47 Å². The molecule has 1 aromatic rings. The molecule has 0 radical (unpaired) electrons. The number of piperidine rings is 1. The van der Waals surface area contributed by atoms with Crippen molar-refractivity contribution in [1.82, 2.24) is 5.32 Å². The molecule has 1 aliphatic rings. The number of amides is 2. The predicted molar refractivity (Wildman–Crippen MR) is 67.5 cm³/mol. The molecule has 0 bridgehead atoms.